The molecule has 1 aliphatic rings. The molecule has 2 heteroatoms. The van der Waals surface area contributed by atoms with Crippen LogP contribution in [0.4, 0.5) is 0 Å². The highest BCUT2D eigenvalue weighted by molar-refractivity contribution is 6.29. The molecule has 0 saturated heterocycles. The second-order valence-corrected chi connectivity index (χ2v) is 14.0. The van der Waals surface area contributed by atoms with Gasteiger partial charge >= 0.3 is 0 Å². The highest BCUT2D eigenvalue weighted by Crippen LogP contribution is 2.49. The summed E-state index contributed by atoms with van der Waals surface area (Å²) in [6.07, 6.45) is 0. The van der Waals surface area contributed by atoms with Crippen molar-refractivity contribution >= 4 is 65.2 Å². The van der Waals surface area contributed by atoms with Crippen molar-refractivity contribution in [3.8, 4) is 44.8 Å². The Morgan fingerprint density at radius 3 is 1.81 bits per heavy atom. The van der Waals surface area contributed by atoms with E-state index in [1.165, 1.54) is 104 Å². The lowest BCUT2D eigenvalue weighted by Crippen LogP contribution is -1.96. The maximum Gasteiger partial charge on any atom is 0.0641 e. The Morgan fingerprint density at radius 1 is 0.288 bits per heavy atom. The molecule has 0 spiro atoms. The minimum atomic E-state index is 1.16. The van der Waals surface area contributed by atoms with E-state index < -0.39 is 0 Å². The zero-order chi connectivity index (χ0) is 33.9. The van der Waals surface area contributed by atoms with Gasteiger partial charge in [0.2, 0.25) is 0 Å². The molecule has 12 rings (SSSR count). The van der Waals surface area contributed by atoms with E-state index in [0.717, 1.165) is 5.69 Å². The molecule has 0 amide bonds. The minimum absolute atomic E-state index is 1.16. The summed E-state index contributed by atoms with van der Waals surface area (Å²) in [6.45, 7) is 0. The van der Waals surface area contributed by atoms with Gasteiger partial charge in [-0.25, -0.2) is 0 Å². The summed E-state index contributed by atoms with van der Waals surface area (Å²) >= 11 is 0. The van der Waals surface area contributed by atoms with E-state index in [-0.39, 0.29) is 0 Å². The molecule has 0 fully saturated rings. The van der Waals surface area contributed by atoms with E-state index >= 15 is 0 Å². The summed E-state index contributed by atoms with van der Waals surface area (Å²) in [6, 6.07) is 67.1. The highest BCUT2D eigenvalue weighted by atomic mass is 15.0. The molecular formula is C50H30N2. The largest absolute Gasteiger partial charge is 0.309 e. The van der Waals surface area contributed by atoms with Crippen molar-refractivity contribution in [2.75, 3.05) is 0 Å². The number of nitrogens with zero attached hydrogens (tertiary/aromatic N) is 2. The molecule has 0 atom stereocenters. The summed E-state index contributed by atoms with van der Waals surface area (Å²) in [5, 5.41) is 10.2. The van der Waals surface area contributed by atoms with Crippen LogP contribution in [-0.2, 0) is 0 Å². The Kier molecular flexibility index (Phi) is 5.53. The van der Waals surface area contributed by atoms with Crippen LogP contribution < -0.4 is 0 Å². The molecule has 0 bridgehead atoms. The van der Waals surface area contributed by atoms with Gasteiger partial charge in [0.15, 0.2) is 0 Å². The van der Waals surface area contributed by atoms with Crippen molar-refractivity contribution < 1.29 is 0 Å². The van der Waals surface area contributed by atoms with Crippen molar-refractivity contribution in [3.63, 3.8) is 0 Å². The predicted molar refractivity (Wildman–Crippen MR) is 220 cm³/mol. The van der Waals surface area contributed by atoms with E-state index in [2.05, 4.69) is 191 Å². The predicted octanol–water partition coefficient (Wildman–Crippen LogP) is 13.5. The minimum Gasteiger partial charge on any atom is -0.309 e. The van der Waals surface area contributed by atoms with Crippen molar-refractivity contribution in [3.05, 3.63) is 182 Å². The molecule has 2 aromatic heterocycles. The molecule has 0 saturated carbocycles. The van der Waals surface area contributed by atoms with Gasteiger partial charge in [0.1, 0.15) is 0 Å². The van der Waals surface area contributed by atoms with Gasteiger partial charge in [0.05, 0.1) is 22.1 Å². The van der Waals surface area contributed by atoms with Crippen LogP contribution in [0.15, 0.2) is 182 Å². The number of hydrogen-bond acceptors (Lipinski definition) is 0. The number of rotatable bonds is 3. The van der Waals surface area contributed by atoms with Crippen LogP contribution in [-0.4, -0.2) is 9.13 Å². The topological polar surface area (TPSA) is 9.86 Å². The lowest BCUT2D eigenvalue weighted by molar-refractivity contribution is 1.18. The highest BCUT2D eigenvalue weighted by Gasteiger charge is 2.24. The molecule has 0 unspecified atom stereocenters. The van der Waals surface area contributed by atoms with Crippen LogP contribution in [0.2, 0.25) is 0 Å². The lowest BCUT2D eigenvalue weighted by atomic mass is 9.94. The molecule has 2 nitrogen and oxygen atoms in total. The fraction of sp³-hybridized carbons (Fsp3) is 0. The summed E-state index contributed by atoms with van der Waals surface area (Å²) in [7, 11) is 0. The zero-order valence-electron chi connectivity index (χ0n) is 28.2. The van der Waals surface area contributed by atoms with Crippen molar-refractivity contribution in [1.82, 2.24) is 9.13 Å². The quantitative estimate of drug-likeness (QED) is 0.179. The molecule has 0 radical (unpaired) electrons. The summed E-state index contributed by atoms with van der Waals surface area (Å²) in [5.41, 5.74) is 15.0. The normalized spacial score (nSPS) is 12.2. The molecule has 0 aliphatic heterocycles. The fourth-order valence-electron chi connectivity index (χ4n) is 9.30. The van der Waals surface area contributed by atoms with Crippen molar-refractivity contribution in [2.45, 2.75) is 0 Å². The Bertz CT molecular complexity index is 3260. The number of benzene rings is 9. The van der Waals surface area contributed by atoms with Crippen LogP contribution in [0, 0.1) is 0 Å². The maximum atomic E-state index is 2.51. The van der Waals surface area contributed by atoms with Gasteiger partial charge in [-0.1, -0.05) is 146 Å². The zero-order valence-corrected chi connectivity index (χ0v) is 28.2. The van der Waals surface area contributed by atoms with Gasteiger partial charge in [-0.05, 0) is 85.9 Å². The van der Waals surface area contributed by atoms with Gasteiger partial charge in [-0.3, -0.25) is 0 Å². The standard InChI is InChI=1S/C50H30N2/c1-2-14-33(15-3-1)52-49-36-17-5-4-12-31(36)24-25-42(49)43-28-29-46-48(50(43)52)44-20-8-9-23-45(44)51(46)34-16-10-13-32(30-34)35-26-27-41-38-19-7-6-18-37(38)40-22-11-21-39(35)47(40)41/h1-30H. The maximum absolute atomic E-state index is 2.51. The number of hydrogen-bond donors (Lipinski definition) is 0. The second-order valence-electron chi connectivity index (χ2n) is 14.0. The van der Waals surface area contributed by atoms with Crippen LogP contribution in [0.3, 0.4) is 0 Å². The van der Waals surface area contributed by atoms with Gasteiger partial charge in [0, 0.05) is 38.3 Å². The molecule has 2 heterocycles. The summed E-state index contributed by atoms with van der Waals surface area (Å²) < 4.78 is 4.97. The summed E-state index contributed by atoms with van der Waals surface area (Å²) in [5.74, 6) is 0. The third kappa shape index (κ3) is 3.63. The monoisotopic (exact) mass is 658 g/mol. The first kappa shape index (κ1) is 27.9. The van der Waals surface area contributed by atoms with E-state index in [1.807, 2.05) is 0 Å². The Balaban J connectivity index is 1.16. The third-order valence-electron chi connectivity index (χ3n) is 11.4. The Hall–Kier alpha value is -6.90. The smallest absolute Gasteiger partial charge is 0.0641 e. The Morgan fingerprint density at radius 2 is 0.923 bits per heavy atom. The first-order chi connectivity index (χ1) is 25.8. The fourth-order valence-corrected chi connectivity index (χ4v) is 9.30. The number of para-hydroxylation sites is 2. The van der Waals surface area contributed by atoms with Gasteiger partial charge in [-0.15, -0.1) is 0 Å². The number of aromatic nitrogens is 2. The van der Waals surface area contributed by atoms with E-state index in [9.17, 15) is 0 Å². The van der Waals surface area contributed by atoms with Crippen LogP contribution in [0.5, 0.6) is 0 Å². The van der Waals surface area contributed by atoms with Crippen LogP contribution >= 0.6 is 0 Å². The van der Waals surface area contributed by atoms with Gasteiger partial charge in [-0.2, -0.15) is 0 Å². The van der Waals surface area contributed by atoms with Crippen LogP contribution in [0.25, 0.3) is 110 Å². The van der Waals surface area contributed by atoms with Gasteiger partial charge < -0.3 is 9.13 Å². The average Bonchev–Trinajstić information content (AvgIpc) is 3.85. The first-order valence-corrected chi connectivity index (χ1v) is 18.0. The summed E-state index contributed by atoms with van der Waals surface area (Å²) in [4.78, 5) is 0. The first-order valence-electron chi connectivity index (χ1n) is 18.0. The van der Waals surface area contributed by atoms with E-state index in [0.29, 0.717) is 0 Å². The molecule has 0 N–H and O–H groups in total. The Labute approximate surface area is 300 Å². The molecular weight excluding hydrogens is 629 g/mol. The van der Waals surface area contributed by atoms with Crippen molar-refractivity contribution in [2.24, 2.45) is 0 Å². The molecule has 11 aromatic rings. The second kappa shape index (κ2) is 10.3. The molecule has 1 aliphatic carbocycles. The molecule has 52 heavy (non-hydrogen) atoms. The number of fused-ring (bicyclic) bond motifs is 12. The lowest BCUT2D eigenvalue weighted by Gasteiger charge is -2.13. The van der Waals surface area contributed by atoms with Crippen LogP contribution in [0.1, 0.15) is 0 Å². The van der Waals surface area contributed by atoms with Gasteiger partial charge in [0.25, 0.3) is 0 Å². The molecule has 9 aromatic carbocycles. The third-order valence-corrected chi connectivity index (χ3v) is 11.4. The van der Waals surface area contributed by atoms with Crippen molar-refractivity contribution in [1.29, 1.82) is 0 Å². The average molecular weight is 659 g/mol. The molecule has 240 valence electrons. The van der Waals surface area contributed by atoms with E-state index in [1.54, 1.807) is 0 Å². The SMILES string of the molecule is c1ccc(-n2c3c4ccccc4ccc3c3ccc4c(c5ccccc5n4-c4cccc(-c5ccc6c7c(cccc57)-c5ccccc5-6)c4)c32)cc1. The van der Waals surface area contributed by atoms with E-state index in [4.69, 9.17) is 0 Å².